The summed E-state index contributed by atoms with van der Waals surface area (Å²) in [7, 11) is -7.84. The second kappa shape index (κ2) is 21.1. The second-order valence-electron chi connectivity index (χ2n) is 17.7. The molecule has 0 bridgehead atoms. The van der Waals surface area contributed by atoms with Crippen LogP contribution < -0.4 is 0 Å². The number of hydrogen-bond donors (Lipinski definition) is 0. The van der Waals surface area contributed by atoms with Gasteiger partial charge in [-0.1, -0.05) is 111 Å². The third-order valence-corrected chi connectivity index (χ3v) is 34.6. The Hall–Kier alpha value is 0.208. The number of epoxide rings is 1. The Morgan fingerprint density at radius 3 is 1.46 bits per heavy atom. The van der Waals surface area contributed by atoms with Gasteiger partial charge in [0.25, 0.3) is 8.32 Å². The zero-order valence-electron chi connectivity index (χ0n) is 37.7. The minimum absolute atomic E-state index is 0.0256. The first-order valence-electron chi connectivity index (χ1n) is 22.1. The van der Waals surface area contributed by atoms with Crippen LogP contribution in [0.5, 0.6) is 0 Å². The minimum atomic E-state index is -2.12. The maximum atomic E-state index is 7.66. The predicted octanol–water partition coefficient (Wildman–Crippen LogP) is 13.1. The van der Waals surface area contributed by atoms with E-state index in [4.69, 9.17) is 27.2 Å². The summed E-state index contributed by atoms with van der Waals surface area (Å²) in [6.07, 6.45) is 3.49. The largest absolute Gasteiger partial charge is 0.546 e. The van der Waals surface area contributed by atoms with Gasteiger partial charge in [-0.05, 0) is 97.4 Å². The van der Waals surface area contributed by atoms with Crippen LogP contribution in [-0.2, 0) is 27.2 Å². The van der Waals surface area contributed by atoms with Crippen LogP contribution in [0, 0.1) is 11.8 Å². The van der Waals surface area contributed by atoms with Gasteiger partial charge < -0.3 is 27.2 Å². The molecule has 2 fully saturated rings. The molecule has 0 radical (unpaired) electrons. The standard InChI is InChI=1S/C42H88O6Si4/c1-19-49(20-2,21-3)46-36(18)35(17)40-39(44-40)29-37-30-43-38(28-34(16)45-52(31(10)11,32(12)13)33(14)15)42(48-51(25-7,26-8)27-9)41(37)47-50(22-4,23-5)24-6/h28,31-33,35-42H,19-27,29-30H2,1-18H3/b34-28-/t35-,36-,37-,38+,39-,40-,41+,42-/m0/s1. The zero-order valence-corrected chi connectivity index (χ0v) is 41.7. The molecule has 0 unspecified atom stereocenters. The Kier molecular flexibility index (Phi) is 19.6. The smallest absolute Gasteiger partial charge is 0.258 e. The average molecular weight is 802 g/mol. The molecule has 2 aliphatic rings. The van der Waals surface area contributed by atoms with Crippen molar-refractivity contribution in [3.63, 3.8) is 0 Å². The van der Waals surface area contributed by atoms with Gasteiger partial charge in [-0.3, -0.25) is 0 Å². The molecular weight excluding hydrogens is 713 g/mol. The molecule has 0 aliphatic carbocycles. The Morgan fingerprint density at radius 1 is 0.635 bits per heavy atom. The Balaban J connectivity index is 2.57. The fraction of sp³-hybridized carbons (Fsp3) is 0.952. The molecule has 8 atom stereocenters. The predicted molar refractivity (Wildman–Crippen MR) is 233 cm³/mol. The lowest BCUT2D eigenvalue weighted by molar-refractivity contribution is -0.138. The van der Waals surface area contributed by atoms with Crippen LogP contribution in [0.25, 0.3) is 0 Å². The van der Waals surface area contributed by atoms with Crippen molar-refractivity contribution in [2.24, 2.45) is 11.8 Å². The Labute approximate surface area is 328 Å². The lowest BCUT2D eigenvalue weighted by Gasteiger charge is -2.49. The summed E-state index contributed by atoms with van der Waals surface area (Å²) in [6, 6.07) is 10.2. The molecule has 0 N–H and O–H groups in total. The minimum Gasteiger partial charge on any atom is -0.546 e. The van der Waals surface area contributed by atoms with Gasteiger partial charge in [-0.15, -0.1) is 0 Å². The topological polar surface area (TPSA) is 58.7 Å². The van der Waals surface area contributed by atoms with Gasteiger partial charge in [0.05, 0.1) is 30.7 Å². The molecule has 2 heterocycles. The summed E-state index contributed by atoms with van der Waals surface area (Å²) in [5, 5.41) is 0. The average Bonchev–Trinajstić information content (AvgIpc) is 3.90. The fourth-order valence-corrected chi connectivity index (χ4v) is 24.0. The second-order valence-corrected chi connectivity index (χ2v) is 37.3. The van der Waals surface area contributed by atoms with Crippen molar-refractivity contribution in [3.05, 3.63) is 11.8 Å². The van der Waals surface area contributed by atoms with Crippen molar-refractivity contribution in [2.75, 3.05) is 6.61 Å². The summed E-state index contributed by atoms with van der Waals surface area (Å²) < 4.78 is 43.0. The molecule has 10 heteroatoms. The van der Waals surface area contributed by atoms with Crippen LogP contribution in [0.1, 0.15) is 131 Å². The van der Waals surface area contributed by atoms with E-state index in [1.165, 1.54) is 18.1 Å². The van der Waals surface area contributed by atoms with Gasteiger partial charge in [-0.25, -0.2) is 0 Å². The molecule has 0 aromatic heterocycles. The molecule has 52 heavy (non-hydrogen) atoms. The van der Waals surface area contributed by atoms with E-state index in [2.05, 4.69) is 131 Å². The summed E-state index contributed by atoms with van der Waals surface area (Å²) in [5.74, 6) is 1.57. The van der Waals surface area contributed by atoms with Crippen molar-refractivity contribution in [3.8, 4) is 0 Å². The van der Waals surface area contributed by atoms with Crippen molar-refractivity contribution in [1.82, 2.24) is 0 Å². The van der Waals surface area contributed by atoms with Crippen LogP contribution in [0.3, 0.4) is 0 Å². The zero-order chi connectivity index (χ0) is 39.7. The number of hydrogen-bond acceptors (Lipinski definition) is 6. The maximum absolute atomic E-state index is 7.66. The lowest BCUT2D eigenvalue weighted by atomic mass is 9.86. The van der Waals surface area contributed by atoms with E-state index in [1.807, 2.05) is 0 Å². The van der Waals surface area contributed by atoms with Crippen LogP contribution in [0.4, 0.5) is 0 Å². The SMILES string of the molecule is CC[Si](CC)(CC)O[C@@H]1[C@@H](C[C@@H]2O[C@H]2[C@@H](C)[C@H](C)O[Si](CC)(CC)CC)CO[C@H](/C=C(/C)O[Si](C(C)C)(C(C)C)C(C)C)[C@@H]1O[Si](CC)(CC)CC. The number of ether oxygens (including phenoxy) is 2. The van der Waals surface area contributed by atoms with Gasteiger partial charge in [0.15, 0.2) is 25.0 Å². The molecule has 6 nitrogen and oxygen atoms in total. The lowest BCUT2D eigenvalue weighted by Crippen LogP contribution is -2.59. The van der Waals surface area contributed by atoms with E-state index < -0.39 is 33.3 Å². The third kappa shape index (κ3) is 11.2. The van der Waals surface area contributed by atoms with E-state index >= 15 is 0 Å². The normalized spacial score (nSPS) is 26.4. The highest BCUT2D eigenvalue weighted by molar-refractivity contribution is 6.78. The van der Waals surface area contributed by atoms with E-state index in [1.54, 1.807) is 0 Å². The summed E-state index contributed by atoms with van der Waals surface area (Å²) in [6.45, 7) is 42.7. The molecule has 0 saturated carbocycles. The van der Waals surface area contributed by atoms with Crippen LogP contribution in [0.15, 0.2) is 11.8 Å². The molecule has 2 rings (SSSR count). The molecule has 0 spiro atoms. The Bertz CT molecular complexity index is 1010. The quantitative estimate of drug-likeness (QED) is 0.0521. The monoisotopic (exact) mass is 801 g/mol. The molecular formula is C42H88O6Si4. The van der Waals surface area contributed by atoms with Crippen LogP contribution in [0.2, 0.25) is 71.0 Å². The van der Waals surface area contributed by atoms with E-state index in [-0.39, 0.29) is 42.5 Å². The summed E-state index contributed by atoms with van der Waals surface area (Å²) in [4.78, 5) is 0. The van der Waals surface area contributed by atoms with Crippen LogP contribution >= 0.6 is 0 Å². The van der Waals surface area contributed by atoms with Crippen molar-refractivity contribution in [2.45, 2.75) is 239 Å². The number of rotatable bonds is 25. The highest BCUT2D eigenvalue weighted by Gasteiger charge is 2.53. The van der Waals surface area contributed by atoms with Crippen LogP contribution in [-0.4, -0.2) is 76.5 Å². The van der Waals surface area contributed by atoms with Gasteiger partial charge in [-0.2, -0.15) is 0 Å². The van der Waals surface area contributed by atoms with Gasteiger partial charge in [0, 0.05) is 17.9 Å². The molecule has 0 amide bonds. The van der Waals surface area contributed by atoms with Crippen molar-refractivity contribution >= 4 is 33.3 Å². The van der Waals surface area contributed by atoms with Crippen molar-refractivity contribution in [1.29, 1.82) is 0 Å². The molecule has 2 aliphatic heterocycles. The van der Waals surface area contributed by atoms with Crippen molar-refractivity contribution < 1.29 is 27.2 Å². The third-order valence-electron chi connectivity index (χ3n) is 14.5. The fourth-order valence-electron chi connectivity index (χ4n) is 9.87. The first kappa shape index (κ1) is 48.4. The molecule has 0 aromatic rings. The van der Waals surface area contributed by atoms with E-state index in [0.717, 1.165) is 48.4 Å². The molecule has 0 aromatic carbocycles. The summed E-state index contributed by atoms with van der Waals surface area (Å²) in [5.41, 5.74) is 1.52. The first-order valence-corrected chi connectivity index (χ1v) is 31.8. The first-order chi connectivity index (χ1) is 24.4. The maximum Gasteiger partial charge on any atom is 0.258 e. The summed E-state index contributed by atoms with van der Waals surface area (Å²) >= 11 is 0. The number of allylic oxidation sites excluding steroid dienone is 1. The van der Waals surface area contributed by atoms with Gasteiger partial charge in [0.2, 0.25) is 0 Å². The van der Waals surface area contributed by atoms with Gasteiger partial charge >= 0.3 is 0 Å². The highest BCUT2D eigenvalue weighted by Crippen LogP contribution is 2.46. The highest BCUT2D eigenvalue weighted by atomic mass is 28.4. The molecule has 308 valence electrons. The van der Waals surface area contributed by atoms with E-state index in [9.17, 15) is 0 Å². The Morgan fingerprint density at radius 2 is 1.06 bits per heavy atom. The van der Waals surface area contributed by atoms with E-state index in [0.29, 0.717) is 29.1 Å². The van der Waals surface area contributed by atoms with Gasteiger partial charge in [0.1, 0.15) is 12.2 Å². The molecule has 2 saturated heterocycles.